The Morgan fingerprint density at radius 3 is 2.20 bits per heavy atom. The molecule has 0 aliphatic rings. The van der Waals surface area contributed by atoms with E-state index in [1.54, 1.807) is 0 Å². The van der Waals surface area contributed by atoms with E-state index in [-0.39, 0.29) is 0 Å². The highest BCUT2D eigenvalue weighted by Crippen LogP contribution is 2.19. The summed E-state index contributed by atoms with van der Waals surface area (Å²) in [6, 6.07) is 18.2. The molecule has 0 spiro atoms. The summed E-state index contributed by atoms with van der Waals surface area (Å²) < 4.78 is 0. The van der Waals surface area contributed by atoms with Gasteiger partial charge in [0.25, 0.3) is 0 Å². The van der Waals surface area contributed by atoms with E-state index in [0.717, 1.165) is 18.5 Å². The van der Waals surface area contributed by atoms with Crippen molar-refractivity contribution in [2.75, 3.05) is 6.54 Å². The molecule has 20 heavy (non-hydrogen) atoms. The lowest BCUT2D eigenvalue weighted by Crippen LogP contribution is -2.35. The lowest BCUT2D eigenvalue weighted by molar-refractivity contribution is 0.0566. The molecule has 2 heteroatoms. The molecule has 0 radical (unpaired) electrons. The number of aliphatic hydroxyl groups is 1. The molecule has 2 rings (SSSR count). The van der Waals surface area contributed by atoms with Gasteiger partial charge < -0.3 is 10.4 Å². The fourth-order valence-electron chi connectivity index (χ4n) is 2.41. The van der Waals surface area contributed by atoms with Crippen LogP contribution in [0.3, 0.4) is 0 Å². The summed E-state index contributed by atoms with van der Waals surface area (Å²) in [6.45, 7) is 5.34. The third-order valence-electron chi connectivity index (χ3n) is 3.68. The molecule has 0 aliphatic carbocycles. The molecular formula is C18H23NO. The minimum absolute atomic E-state index is 0.537. The van der Waals surface area contributed by atoms with Crippen molar-refractivity contribution < 1.29 is 5.11 Å². The first-order chi connectivity index (χ1) is 9.63. The monoisotopic (exact) mass is 269 g/mol. The molecule has 0 saturated carbocycles. The number of rotatable bonds is 6. The Hall–Kier alpha value is -1.64. The van der Waals surface area contributed by atoms with E-state index in [9.17, 15) is 5.11 Å². The molecule has 0 bridgehead atoms. The highest BCUT2D eigenvalue weighted by molar-refractivity contribution is 5.27. The van der Waals surface area contributed by atoms with Crippen molar-refractivity contribution in [2.45, 2.75) is 32.4 Å². The van der Waals surface area contributed by atoms with Gasteiger partial charge in [0.15, 0.2) is 0 Å². The third kappa shape index (κ3) is 3.69. The van der Waals surface area contributed by atoms with Crippen LogP contribution in [-0.4, -0.2) is 11.7 Å². The summed E-state index contributed by atoms with van der Waals surface area (Å²) in [5.41, 5.74) is 2.76. The van der Waals surface area contributed by atoms with Crippen molar-refractivity contribution in [3.05, 3.63) is 71.3 Å². The molecule has 0 heterocycles. The van der Waals surface area contributed by atoms with Crippen molar-refractivity contribution in [3.63, 3.8) is 0 Å². The zero-order valence-corrected chi connectivity index (χ0v) is 12.3. The van der Waals surface area contributed by atoms with Gasteiger partial charge >= 0.3 is 0 Å². The van der Waals surface area contributed by atoms with Gasteiger partial charge in [-0.1, -0.05) is 61.5 Å². The number of aryl methyl sites for hydroxylation is 1. The first-order valence-corrected chi connectivity index (χ1v) is 7.19. The quantitative estimate of drug-likeness (QED) is 0.843. The number of nitrogens with one attached hydrogen (secondary N) is 1. The summed E-state index contributed by atoms with van der Waals surface area (Å²) in [5.74, 6) is 0. The maximum atomic E-state index is 10.5. The molecule has 2 N–H and O–H groups in total. The van der Waals surface area contributed by atoms with Crippen molar-refractivity contribution in [2.24, 2.45) is 0 Å². The molecule has 1 atom stereocenters. The average Bonchev–Trinajstić information content (AvgIpc) is 2.48. The van der Waals surface area contributed by atoms with Gasteiger partial charge in [0.1, 0.15) is 0 Å². The highest BCUT2D eigenvalue weighted by atomic mass is 16.3. The van der Waals surface area contributed by atoms with E-state index >= 15 is 0 Å². The van der Waals surface area contributed by atoms with E-state index in [0.29, 0.717) is 6.54 Å². The maximum Gasteiger partial charge on any atom is 0.0992 e. The smallest absolute Gasteiger partial charge is 0.0992 e. The van der Waals surface area contributed by atoms with Gasteiger partial charge in [0.05, 0.1) is 5.60 Å². The summed E-state index contributed by atoms with van der Waals surface area (Å²) >= 11 is 0. The average molecular weight is 269 g/mol. The molecule has 0 saturated heterocycles. The van der Waals surface area contributed by atoms with Crippen LogP contribution in [0.15, 0.2) is 54.6 Å². The van der Waals surface area contributed by atoms with E-state index in [1.807, 2.05) is 37.3 Å². The fourth-order valence-corrected chi connectivity index (χ4v) is 2.41. The van der Waals surface area contributed by atoms with Crippen LogP contribution in [0, 0.1) is 0 Å². The predicted molar refractivity (Wildman–Crippen MR) is 83.5 cm³/mol. The second-order valence-electron chi connectivity index (χ2n) is 5.37. The zero-order chi connectivity index (χ0) is 14.4. The van der Waals surface area contributed by atoms with Crippen molar-refractivity contribution in [1.82, 2.24) is 5.32 Å². The van der Waals surface area contributed by atoms with E-state index in [2.05, 4.69) is 36.5 Å². The Labute approximate surface area is 121 Å². The first-order valence-electron chi connectivity index (χ1n) is 7.19. The van der Waals surface area contributed by atoms with Gasteiger partial charge in [-0.25, -0.2) is 0 Å². The lowest BCUT2D eigenvalue weighted by Gasteiger charge is -2.24. The SMILES string of the molecule is CCc1ccccc1CNCC(C)(O)c1ccccc1. The minimum atomic E-state index is -0.845. The van der Waals surface area contributed by atoms with Gasteiger partial charge in [-0.3, -0.25) is 0 Å². The van der Waals surface area contributed by atoms with E-state index < -0.39 is 5.60 Å². The normalized spacial score (nSPS) is 13.9. The van der Waals surface area contributed by atoms with Crippen LogP contribution in [-0.2, 0) is 18.6 Å². The molecule has 106 valence electrons. The molecule has 2 aromatic rings. The summed E-state index contributed by atoms with van der Waals surface area (Å²) in [4.78, 5) is 0. The molecule has 0 aromatic heterocycles. The van der Waals surface area contributed by atoms with Crippen molar-refractivity contribution in [1.29, 1.82) is 0 Å². The highest BCUT2D eigenvalue weighted by Gasteiger charge is 2.21. The van der Waals surface area contributed by atoms with Gasteiger partial charge in [-0.15, -0.1) is 0 Å². The Bertz CT molecular complexity index is 534. The van der Waals surface area contributed by atoms with Crippen LogP contribution < -0.4 is 5.32 Å². The molecule has 0 fully saturated rings. The van der Waals surface area contributed by atoms with Crippen LogP contribution >= 0.6 is 0 Å². The Balaban J connectivity index is 1.96. The van der Waals surface area contributed by atoms with Crippen molar-refractivity contribution >= 4 is 0 Å². The third-order valence-corrected chi connectivity index (χ3v) is 3.68. The number of hydrogen-bond acceptors (Lipinski definition) is 2. The largest absolute Gasteiger partial charge is 0.384 e. The number of benzene rings is 2. The predicted octanol–water partition coefficient (Wildman–Crippen LogP) is 3.25. The van der Waals surface area contributed by atoms with Gasteiger partial charge in [0.2, 0.25) is 0 Å². The molecule has 2 aromatic carbocycles. The lowest BCUT2D eigenvalue weighted by atomic mass is 9.96. The minimum Gasteiger partial charge on any atom is -0.384 e. The summed E-state index contributed by atoms with van der Waals surface area (Å²) in [7, 11) is 0. The second kappa shape index (κ2) is 6.69. The van der Waals surface area contributed by atoms with E-state index in [4.69, 9.17) is 0 Å². The van der Waals surface area contributed by atoms with Crippen molar-refractivity contribution in [3.8, 4) is 0 Å². The van der Waals surface area contributed by atoms with Crippen LogP contribution in [0.1, 0.15) is 30.5 Å². The van der Waals surface area contributed by atoms with Crippen LogP contribution in [0.2, 0.25) is 0 Å². The Morgan fingerprint density at radius 2 is 1.55 bits per heavy atom. The molecule has 0 amide bonds. The molecular weight excluding hydrogens is 246 g/mol. The standard InChI is InChI=1S/C18H23NO/c1-3-15-9-7-8-10-16(15)13-19-14-18(2,20)17-11-5-4-6-12-17/h4-12,19-20H,3,13-14H2,1-2H3. The zero-order valence-electron chi connectivity index (χ0n) is 12.3. The first kappa shape index (κ1) is 14.8. The summed E-state index contributed by atoms with van der Waals surface area (Å²) in [5, 5.41) is 13.9. The fraction of sp³-hybridized carbons (Fsp3) is 0.333. The van der Waals surface area contributed by atoms with Gasteiger partial charge in [-0.2, -0.15) is 0 Å². The van der Waals surface area contributed by atoms with Crippen LogP contribution in [0.5, 0.6) is 0 Å². The molecule has 2 nitrogen and oxygen atoms in total. The van der Waals surface area contributed by atoms with Crippen LogP contribution in [0.4, 0.5) is 0 Å². The Kier molecular flexibility index (Phi) is 4.94. The number of hydrogen-bond donors (Lipinski definition) is 2. The van der Waals surface area contributed by atoms with E-state index in [1.165, 1.54) is 11.1 Å². The molecule has 1 unspecified atom stereocenters. The van der Waals surface area contributed by atoms with Gasteiger partial charge in [0, 0.05) is 13.1 Å². The second-order valence-corrected chi connectivity index (χ2v) is 5.37. The Morgan fingerprint density at radius 1 is 0.950 bits per heavy atom. The maximum absolute atomic E-state index is 10.5. The molecule has 0 aliphatic heterocycles. The topological polar surface area (TPSA) is 32.3 Å². The van der Waals surface area contributed by atoms with Gasteiger partial charge in [-0.05, 0) is 30.0 Å². The summed E-state index contributed by atoms with van der Waals surface area (Å²) in [6.07, 6.45) is 1.03. The van der Waals surface area contributed by atoms with Crippen LogP contribution in [0.25, 0.3) is 0 Å².